The zero-order valence-electron chi connectivity index (χ0n) is 24.3. The Morgan fingerprint density at radius 1 is 0.649 bits per heavy atom. The van der Waals surface area contributed by atoms with Crippen LogP contribution < -0.4 is 4.74 Å². The number of hydrogen-bond acceptors (Lipinski definition) is 1. The molecule has 0 saturated heterocycles. The van der Waals surface area contributed by atoms with Gasteiger partial charge in [0.25, 0.3) is 0 Å². The minimum Gasteiger partial charge on any atom is -0.491 e. The number of hydrogen-bond donors (Lipinski definition) is 0. The van der Waals surface area contributed by atoms with E-state index in [0.29, 0.717) is 12.4 Å². The van der Waals surface area contributed by atoms with E-state index >= 15 is 0 Å². The van der Waals surface area contributed by atoms with Crippen LogP contribution in [0.2, 0.25) is 0 Å². The number of unbranched alkanes of at least 4 members (excludes halogenated alkanes) is 13. The monoisotopic (exact) mass is 510 g/mol. The lowest BCUT2D eigenvalue weighted by Crippen LogP contribution is -1.99. The molecule has 2 aromatic carbocycles. The van der Waals surface area contributed by atoms with E-state index in [1.165, 1.54) is 102 Å². The third-order valence-corrected chi connectivity index (χ3v) is 7.83. The standard InChI is InChI=1S/C35H55FO/c1-4-6-7-8-9-10-11-12-15-18-21-31-22-24-32(25-23-31)33-26-27-35(34(36)29-33)37-28-19-16-13-14-17-20-30(3)5-2/h22-27,29-30H,4-21,28H2,1-3H3. The first-order valence-corrected chi connectivity index (χ1v) is 15.7. The van der Waals surface area contributed by atoms with Gasteiger partial charge < -0.3 is 4.74 Å². The fourth-order valence-electron chi connectivity index (χ4n) is 4.99. The van der Waals surface area contributed by atoms with Crippen LogP contribution in [-0.2, 0) is 6.42 Å². The maximum Gasteiger partial charge on any atom is 0.165 e. The van der Waals surface area contributed by atoms with Crippen LogP contribution in [0.1, 0.15) is 135 Å². The maximum atomic E-state index is 14.6. The van der Waals surface area contributed by atoms with Gasteiger partial charge in [0, 0.05) is 0 Å². The SMILES string of the molecule is CCCCCCCCCCCCc1ccc(-c2ccc(OCCCCCCCC(C)CC)c(F)c2)cc1. The van der Waals surface area contributed by atoms with Gasteiger partial charge in [-0.25, -0.2) is 4.39 Å². The molecule has 0 amide bonds. The molecule has 208 valence electrons. The largest absolute Gasteiger partial charge is 0.491 e. The Morgan fingerprint density at radius 2 is 1.22 bits per heavy atom. The maximum absolute atomic E-state index is 14.6. The number of ether oxygens (including phenoxy) is 1. The summed E-state index contributed by atoms with van der Waals surface area (Å²) in [5, 5.41) is 0. The summed E-state index contributed by atoms with van der Waals surface area (Å²) in [7, 11) is 0. The molecule has 0 aliphatic heterocycles. The van der Waals surface area contributed by atoms with Crippen molar-refractivity contribution < 1.29 is 9.13 Å². The Morgan fingerprint density at radius 3 is 1.84 bits per heavy atom. The molecule has 1 nitrogen and oxygen atoms in total. The Labute approximate surface area is 228 Å². The molecule has 0 N–H and O–H groups in total. The van der Waals surface area contributed by atoms with Gasteiger partial charge in [-0.2, -0.15) is 0 Å². The molecular formula is C35H55FO. The number of aryl methyl sites for hydroxylation is 1. The highest BCUT2D eigenvalue weighted by Gasteiger charge is 2.07. The molecule has 2 heteroatoms. The first kappa shape index (κ1) is 31.4. The van der Waals surface area contributed by atoms with E-state index in [2.05, 4.69) is 45.0 Å². The summed E-state index contributed by atoms with van der Waals surface area (Å²) in [6.45, 7) is 7.47. The van der Waals surface area contributed by atoms with Crippen molar-refractivity contribution >= 4 is 0 Å². The molecule has 0 aliphatic carbocycles. The van der Waals surface area contributed by atoms with Gasteiger partial charge in [-0.1, -0.05) is 147 Å². The summed E-state index contributed by atoms with van der Waals surface area (Å²) in [5.74, 6) is 0.959. The quantitative estimate of drug-likeness (QED) is 0.143. The first-order valence-electron chi connectivity index (χ1n) is 15.7. The molecule has 0 fully saturated rings. The molecule has 0 heterocycles. The fraction of sp³-hybridized carbons (Fsp3) is 0.657. The third kappa shape index (κ3) is 14.0. The molecule has 1 atom stereocenters. The Hall–Kier alpha value is -1.83. The summed E-state index contributed by atoms with van der Waals surface area (Å²) >= 11 is 0. The molecule has 0 bridgehead atoms. The number of rotatable bonds is 22. The second-order valence-corrected chi connectivity index (χ2v) is 11.2. The van der Waals surface area contributed by atoms with E-state index in [1.54, 1.807) is 12.1 Å². The minimum absolute atomic E-state index is 0.263. The minimum atomic E-state index is -0.263. The van der Waals surface area contributed by atoms with Gasteiger partial charge in [0.1, 0.15) is 0 Å². The van der Waals surface area contributed by atoms with Crippen molar-refractivity contribution in [1.29, 1.82) is 0 Å². The molecule has 0 aliphatic rings. The summed E-state index contributed by atoms with van der Waals surface area (Å²) in [5.41, 5.74) is 3.36. The van der Waals surface area contributed by atoms with Gasteiger partial charge in [0.2, 0.25) is 0 Å². The van der Waals surface area contributed by atoms with Gasteiger partial charge in [0.05, 0.1) is 6.61 Å². The van der Waals surface area contributed by atoms with E-state index in [9.17, 15) is 4.39 Å². The van der Waals surface area contributed by atoms with E-state index in [0.717, 1.165) is 36.3 Å². The van der Waals surface area contributed by atoms with Gasteiger partial charge in [-0.3, -0.25) is 0 Å². The van der Waals surface area contributed by atoms with Crippen molar-refractivity contribution in [3.8, 4) is 16.9 Å². The zero-order chi connectivity index (χ0) is 26.6. The van der Waals surface area contributed by atoms with Crippen molar-refractivity contribution in [3.05, 3.63) is 53.8 Å². The van der Waals surface area contributed by atoms with Crippen molar-refractivity contribution in [2.45, 2.75) is 136 Å². The fourth-order valence-corrected chi connectivity index (χ4v) is 4.99. The number of benzene rings is 2. The van der Waals surface area contributed by atoms with Crippen LogP contribution in [0.5, 0.6) is 5.75 Å². The molecule has 0 saturated carbocycles. The van der Waals surface area contributed by atoms with Crippen molar-refractivity contribution in [1.82, 2.24) is 0 Å². The molecule has 0 spiro atoms. The normalized spacial score (nSPS) is 12.1. The first-order chi connectivity index (χ1) is 18.1. The summed E-state index contributed by atoms with van der Waals surface area (Å²) < 4.78 is 20.4. The second kappa shape index (κ2) is 20.2. The highest BCUT2D eigenvalue weighted by atomic mass is 19.1. The van der Waals surface area contributed by atoms with Crippen LogP contribution in [0, 0.1) is 11.7 Å². The lowest BCUT2D eigenvalue weighted by atomic mass is 10.00. The molecule has 2 rings (SSSR count). The number of halogens is 1. The van der Waals surface area contributed by atoms with E-state index in [1.807, 2.05) is 6.07 Å². The highest BCUT2D eigenvalue weighted by Crippen LogP contribution is 2.26. The van der Waals surface area contributed by atoms with Crippen LogP contribution in [0.25, 0.3) is 11.1 Å². The van der Waals surface area contributed by atoms with Gasteiger partial charge >= 0.3 is 0 Å². The highest BCUT2D eigenvalue weighted by molar-refractivity contribution is 5.64. The molecule has 2 aromatic rings. The van der Waals surface area contributed by atoms with Gasteiger partial charge in [-0.15, -0.1) is 0 Å². The molecular weight excluding hydrogens is 455 g/mol. The topological polar surface area (TPSA) is 9.23 Å². The van der Waals surface area contributed by atoms with E-state index in [4.69, 9.17) is 4.74 Å². The molecule has 1 unspecified atom stereocenters. The van der Waals surface area contributed by atoms with Crippen molar-refractivity contribution in [2.24, 2.45) is 5.92 Å². The van der Waals surface area contributed by atoms with Crippen molar-refractivity contribution in [2.75, 3.05) is 6.61 Å². The summed E-state index contributed by atoms with van der Waals surface area (Å²) in [6, 6.07) is 14.0. The lowest BCUT2D eigenvalue weighted by Gasteiger charge is -2.10. The lowest BCUT2D eigenvalue weighted by molar-refractivity contribution is 0.289. The molecule has 0 aromatic heterocycles. The Balaban J connectivity index is 1.61. The average molecular weight is 511 g/mol. The van der Waals surface area contributed by atoms with Crippen LogP contribution in [0.15, 0.2) is 42.5 Å². The second-order valence-electron chi connectivity index (χ2n) is 11.2. The Kier molecular flexibility index (Phi) is 17.1. The molecule has 37 heavy (non-hydrogen) atoms. The van der Waals surface area contributed by atoms with Crippen LogP contribution >= 0.6 is 0 Å². The summed E-state index contributed by atoms with van der Waals surface area (Å²) in [6.07, 6.45) is 23.5. The third-order valence-electron chi connectivity index (χ3n) is 7.83. The average Bonchev–Trinajstić information content (AvgIpc) is 2.92. The predicted molar refractivity (Wildman–Crippen MR) is 160 cm³/mol. The zero-order valence-corrected chi connectivity index (χ0v) is 24.3. The smallest absolute Gasteiger partial charge is 0.165 e. The Bertz CT molecular complexity index is 813. The predicted octanol–water partition coefficient (Wildman–Crippen LogP) is 11.7. The summed E-state index contributed by atoms with van der Waals surface area (Å²) in [4.78, 5) is 0. The van der Waals surface area contributed by atoms with Gasteiger partial charge in [0.15, 0.2) is 11.6 Å². The van der Waals surface area contributed by atoms with Crippen molar-refractivity contribution in [3.63, 3.8) is 0 Å². The van der Waals surface area contributed by atoms with Crippen LogP contribution in [0.3, 0.4) is 0 Å². The van der Waals surface area contributed by atoms with Crippen LogP contribution in [-0.4, -0.2) is 6.61 Å². The van der Waals surface area contributed by atoms with E-state index < -0.39 is 0 Å². The molecule has 0 radical (unpaired) electrons. The van der Waals surface area contributed by atoms with Gasteiger partial charge in [-0.05, 0) is 54.0 Å². The van der Waals surface area contributed by atoms with Crippen LogP contribution in [0.4, 0.5) is 4.39 Å². The van der Waals surface area contributed by atoms with E-state index in [-0.39, 0.29) is 5.82 Å².